The molecule has 1 atom stereocenters. The summed E-state index contributed by atoms with van der Waals surface area (Å²) >= 11 is 6.10. The second-order valence-corrected chi connectivity index (χ2v) is 6.38. The number of amides is 1. The molecule has 0 spiro atoms. The third kappa shape index (κ3) is 3.91. The molecule has 0 aliphatic carbocycles. The number of halogens is 1. The van der Waals surface area contributed by atoms with E-state index < -0.39 is 0 Å². The minimum atomic E-state index is -0.206. The van der Waals surface area contributed by atoms with E-state index in [1.807, 2.05) is 18.2 Å². The van der Waals surface area contributed by atoms with E-state index in [1.54, 1.807) is 0 Å². The van der Waals surface area contributed by atoms with Crippen LogP contribution in [0, 0.1) is 12.8 Å². The second kappa shape index (κ2) is 7.13. The molecule has 5 nitrogen and oxygen atoms in total. The van der Waals surface area contributed by atoms with E-state index in [2.05, 4.69) is 17.1 Å². The van der Waals surface area contributed by atoms with Crippen molar-refractivity contribution in [2.45, 2.75) is 13.3 Å². The Bertz CT molecular complexity index is 618. The minimum Gasteiger partial charge on any atom is -0.494 e. The van der Waals surface area contributed by atoms with Crippen LogP contribution in [0.4, 0.5) is 5.69 Å². The molecule has 0 radical (unpaired) electrons. The maximum Gasteiger partial charge on any atom is 0.289 e. The molecule has 2 heterocycles. The summed E-state index contributed by atoms with van der Waals surface area (Å²) in [4.78, 5) is 14.3. The Balaban J connectivity index is 1.53. The van der Waals surface area contributed by atoms with Crippen LogP contribution in [-0.4, -0.2) is 38.8 Å². The molecule has 1 amide bonds. The quantitative estimate of drug-likeness (QED) is 0.917. The van der Waals surface area contributed by atoms with Crippen molar-refractivity contribution in [2.24, 2.45) is 5.92 Å². The van der Waals surface area contributed by atoms with Crippen LogP contribution in [0.5, 0.6) is 0 Å². The van der Waals surface area contributed by atoms with E-state index in [0.29, 0.717) is 25.7 Å². The number of hydrogen-bond donors (Lipinski definition) is 1. The fraction of sp³-hybridized carbons (Fsp3) is 0.471. The highest BCUT2D eigenvalue weighted by Gasteiger charge is 2.25. The number of nitrogens with one attached hydrogen (secondary N) is 1. The monoisotopic (exact) mass is 336 g/mol. The maximum atomic E-state index is 12.0. The van der Waals surface area contributed by atoms with Crippen LogP contribution in [0.25, 0.3) is 0 Å². The summed E-state index contributed by atoms with van der Waals surface area (Å²) in [7, 11) is 0. The van der Waals surface area contributed by atoms with E-state index in [-0.39, 0.29) is 11.7 Å². The van der Waals surface area contributed by atoms with E-state index >= 15 is 0 Å². The van der Waals surface area contributed by atoms with Crippen LogP contribution in [0.15, 0.2) is 30.2 Å². The van der Waals surface area contributed by atoms with Gasteiger partial charge in [-0.2, -0.15) is 0 Å². The summed E-state index contributed by atoms with van der Waals surface area (Å²) in [5.74, 6) is 0.473. The molecule has 6 heteroatoms. The van der Waals surface area contributed by atoms with Gasteiger partial charge in [0, 0.05) is 30.3 Å². The topological polar surface area (TPSA) is 50.8 Å². The van der Waals surface area contributed by atoms with Gasteiger partial charge in [-0.25, -0.2) is 0 Å². The SMILES string of the molecule is Cc1ccc(Cl)cc1N1CCC(CNC(=O)C2=COCCO2)C1. The zero-order valence-electron chi connectivity index (χ0n) is 13.2. The number of nitrogens with zero attached hydrogens (tertiary/aromatic N) is 1. The van der Waals surface area contributed by atoms with Gasteiger partial charge in [0.1, 0.15) is 19.5 Å². The summed E-state index contributed by atoms with van der Waals surface area (Å²) in [6.07, 6.45) is 2.43. The summed E-state index contributed by atoms with van der Waals surface area (Å²) in [5, 5.41) is 3.68. The van der Waals surface area contributed by atoms with Crippen molar-refractivity contribution in [3.05, 3.63) is 40.8 Å². The van der Waals surface area contributed by atoms with Gasteiger partial charge in [-0.1, -0.05) is 17.7 Å². The van der Waals surface area contributed by atoms with Crippen molar-refractivity contribution in [1.29, 1.82) is 0 Å². The number of benzene rings is 1. The van der Waals surface area contributed by atoms with Crippen LogP contribution in [0.1, 0.15) is 12.0 Å². The highest BCUT2D eigenvalue weighted by atomic mass is 35.5. The van der Waals surface area contributed by atoms with Gasteiger partial charge < -0.3 is 19.7 Å². The van der Waals surface area contributed by atoms with E-state index in [4.69, 9.17) is 21.1 Å². The number of hydrogen-bond acceptors (Lipinski definition) is 4. The van der Waals surface area contributed by atoms with Gasteiger partial charge in [0.05, 0.1) is 0 Å². The Morgan fingerprint density at radius 2 is 2.30 bits per heavy atom. The highest BCUT2D eigenvalue weighted by Crippen LogP contribution is 2.29. The van der Waals surface area contributed by atoms with Crippen molar-refractivity contribution in [3.63, 3.8) is 0 Å². The summed E-state index contributed by atoms with van der Waals surface area (Å²) in [6.45, 7) is 5.53. The lowest BCUT2D eigenvalue weighted by atomic mass is 10.1. The lowest BCUT2D eigenvalue weighted by molar-refractivity contribution is -0.122. The number of rotatable bonds is 4. The first-order chi connectivity index (χ1) is 11.1. The fourth-order valence-electron chi connectivity index (χ4n) is 2.95. The number of ether oxygens (including phenoxy) is 2. The first-order valence-corrected chi connectivity index (χ1v) is 8.25. The number of anilines is 1. The summed E-state index contributed by atoms with van der Waals surface area (Å²) in [6, 6.07) is 5.96. The smallest absolute Gasteiger partial charge is 0.289 e. The minimum absolute atomic E-state index is 0.206. The number of carbonyl (C=O) groups is 1. The van der Waals surface area contributed by atoms with Gasteiger partial charge in [0.15, 0.2) is 0 Å². The Morgan fingerprint density at radius 3 is 3.09 bits per heavy atom. The zero-order chi connectivity index (χ0) is 16.2. The van der Waals surface area contributed by atoms with Gasteiger partial charge in [0.25, 0.3) is 5.91 Å². The molecule has 2 aliphatic rings. The lowest BCUT2D eigenvalue weighted by Gasteiger charge is -2.21. The Morgan fingerprint density at radius 1 is 1.43 bits per heavy atom. The van der Waals surface area contributed by atoms with Gasteiger partial charge in [0.2, 0.25) is 5.76 Å². The normalized spacial score (nSPS) is 20.5. The first kappa shape index (κ1) is 16.0. The molecular weight excluding hydrogens is 316 g/mol. The zero-order valence-corrected chi connectivity index (χ0v) is 13.9. The van der Waals surface area contributed by atoms with Crippen molar-refractivity contribution in [3.8, 4) is 0 Å². The van der Waals surface area contributed by atoms with Crippen LogP contribution < -0.4 is 10.2 Å². The Hall–Kier alpha value is -1.88. The molecule has 1 aromatic carbocycles. The van der Waals surface area contributed by atoms with Gasteiger partial charge in [-0.3, -0.25) is 4.79 Å². The third-order valence-corrected chi connectivity index (χ3v) is 4.46. The average molecular weight is 337 g/mol. The Labute approximate surface area is 141 Å². The molecule has 2 aliphatic heterocycles. The number of carbonyl (C=O) groups excluding carboxylic acids is 1. The van der Waals surface area contributed by atoms with E-state index in [0.717, 1.165) is 24.5 Å². The Kier molecular flexibility index (Phi) is 4.96. The maximum absolute atomic E-state index is 12.0. The summed E-state index contributed by atoms with van der Waals surface area (Å²) < 4.78 is 10.4. The molecule has 1 unspecified atom stereocenters. The predicted molar refractivity (Wildman–Crippen MR) is 89.5 cm³/mol. The first-order valence-electron chi connectivity index (χ1n) is 7.87. The van der Waals surface area contributed by atoms with Crippen LogP contribution in [-0.2, 0) is 14.3 Å². The van der Waals surface area contributed by atoms with Crippen molar-refractivity contribution in [1.82, 2.24) is 5.32 Å². The third-order valence-electron chi connectivity index (χ3n) is 4.22. The van der Waals surface area contributed by atoms with E-state index in [9.17, 15) is 4.79 Å². The largest absolute Gasteiger partial charge is 0.494 e. The van der Waals surface area contributed by atoms with Gasteiger partial charge in [-0.15, -0.1) is 0 Å². The lowest BCUT2D eigenvalue weighted by Crippen LogP contribution is -2.33. The molecule has 1 aromatic rings. The molecule has 1 N–H and O–H groups in total. The van der Waals surface area contributed by atoms with Crippen LogP contribution in [0.2, 0.25) is 5.02 Å². The number of aryl methyl sites for hydroxylation is 1. The molecule has 0 aromatic heterocycles. The van der Waals surface area contributed by atoms with E-state index in [1.165, 1.54) is 17.5 Å². The predicted octanol–water partition coefficient (Wildman–Crippen LogP) is 2.48. The molecule has 0 bridgehead atoms. The average Bonchev–Trinajstić information content (AvgIpc) is 3.04. The highest BCUT2D eigenvalue weighted by molar-refractivity contribution is 6.30. The van der Waals surface area contributed by atoms with Gasteiger partial charge >= 0.3 is 0 Å². The molecule has 124 valence electrons. The van der Waals surface area contributed by atoms with Crippen molar-refractivity contribution in [2.75, 3.05) is 37.7 Å². The van der Waals surface area contributed by atoms with Crippen LogP contribution in [0.3, 0.4) is 0 Å². The molecule has 3 rings (SSSR count). The van der Waals surface area contributed by atoms with Crippen molar-refractivity contribution >= 4 is 23.2 Å². The van der Waals surface area contributed by atoms with Crippen LogP contribution >= 0.6 is 11.6 Å². The molecule has 1 saturated heterocycles. The summed E-state index contributed by atoms with van der Waals surface area (Å²) in [5.41, 5.74) is 2.40. The fourth-order valence-corrected chi connectivity index (χ4v) is 3.12. The standard InChI is InChI=1S/C17H21ClN2O3/c1-12-2-3-14(18)8-15(12)20-5-4-13(10-20)9-19-17(21)16-11-22-6-7-23-16/h2-3,8,11,13H,4-7,9-10H2,1H3,(H,19,21). The van der Waals surface area contributed by atoms with Crippen molar-refractivity contribution < 1.29 is 14.3 Å². The molecule has 0 saturated carbocycles. The second-order valence-electron chi connectivity index (χ2n) is 5.94. The molecule has 1 fully saturated rings. The van der Waals surface area contributed by atoms with Gasteiger partial charge in [-0.05, 0) is 37.0 Å². The molecule has 23 heavy (non-hydrogen) atoms. The molecular formula is C17H21ClN2O3.